The van der Waals surface area contributed by atoms with E-state index >= 15 is 0 Å². The van der Waals surface area contributed by atoms with E-state index in [1.807, 2.05) is 6.92 Å². The van der Waals surface area contributed by atoms with Crippen LogP contribution in [0.5, 0.6) is 0 Å². The smallest absolute Gasteiger partial charge is 0.282 e. The fourth-order valence-corrected chi connectivity index (χ4v) is 1.12. The van der Waals surface area contributed by atoms with Crippen LogP contribution in [0.1, 0.15) is 38.1 Å². The van der Waals surface area contributed by atoms with Crippen LogP contribution in [0, 0.1) is 0 Å². The molecule has 1 rings (SSSR count). The quantitative estimate of drug-likeness (QED) is 0.813. The zero-order valence-electron chi connectivity index (χ0n) is 8.17. The molecule has 3 nitrogen and oxygen atoms in total. The van der Waals surface area contributed by atoms with Gasteiger partial charge in [0, 0.05) is 12.4 Å². The van der Waals surface area contributed by atoms with E-state index in [9.17, 15) is 8.78 Å². The molecule has 0 saturated heterocycles. The van der Waals surface area contributed by atoms with Crippen LogP contribution < -0.4 is 5.73 Å². The van der Waals surface area contributed by atoms with Gasteiger partial charge in [0.1, 0.15) is 5.69 Å². The Balaban J connectivity index is 3.20. The lowest BCUT2D eigenvalue weighted by molar-refractivity contribution is 0.141. The highest BCUT2D eigenvalue weighted by atomic mass is 19.3. The second-order valence-electron chi connectivity index (χ2n) is 3.36. The van der Waals surface area contributed by atoms with Crippen molar-refractivity contribution in [2.24, 2.45) is 5.73 Å². The molecule has 0 fully saturated rings. The van der Waals surface area contributed by atoms with Crippen LogP contribution in [0.2, 0.25) is 0 Å². The van der Waals surface area contributed by atoms with Crippen molar-refractivity contribution >= 4 is 0 Å². The first-order valence-electron chi connectivity index (χ1n) is 4.37. The number of nitrogens with two attached hydrogens (primary N) is 1. The minimum Gasteiger partial charge on any atom is -0.320 e. The van der Waals surface area contributed by atoms with Crippen molar-refractivity contribution in [2.75, 3.05) is 0 Å². The van der Waals surface area contributed by atoms with Gasteiger partial charge < -0.3 is 5.73 Å². The molecule has 0 amide bonds. The number of rotatable bonds is 3. The van der Waals surface area contributed by atoms with E-state index in [4.69, 9.17) is 5.73 Å². The van der Waals surface area contributed by atoms with Gasteiger partial charge in [0.25, 0.3) is 6.43 Å². The zero-order chi connectivity index (χ0) is 10.8. The summed E-state index contributed by atoms with van der Waals surface area (Å²) in [5, 5.41) is 0. The lowest BCUT2D eigenvalue weighted by Gasteiger charge is -2.23. The Hall–Kier alpha value is -1.10. The summed E-state index contributed by atoms with van der Waals surface area (Å²) in [7, 11) is 0. The molecule has 0 bridgehead atoms. The maximum atomic E-state index is 12.5. The van der Waals surface area contributed by atoms with Crippen LogP contribution in [-0.4, -0.2) is 9.97 Å². The predicted octanol–water partition coefficient (Wildman–Crippen LogP) is 2.00. The van der Waals surface area contributed by atoms with Crippen LogP contribution in [0.3, 0.4) is 0 Å². The molecule has 0 aliphatic heterocycles. The summed E-state index contributed by atoms with van der Waals surface area (Å²) < 4.78 is 25.1. The van der Waals surface area contributed by atoms with Crippen molar-refractivity contribution < 1.29 is 8.78 Å². The summed E-state index contributed by atoms with van der Waals surface area (Å²) >= 11 is 0. The first kappa shape index (κ1) is 11.0. The molecule has 0 aliphatic rings. The van der Waals surface area contributed by atoms with Crippen molar-refractivity contribution in [1.29, 1.82) is 0 Å². The Morgan fingerprint density at radius 3 is 2.50 bits per heavy atom. The van der Waals surface area contributed by atoms with Gasteiger partial charge in [-0.25, -0.2) is 8.78 Å². The number of nitrogens with zero attached hydrogens (tertiary/aromatic N) is 2. The van der Waals surface area contributed by atoms with E-state index < -0.39 is 12.0 Å². The monoisotopic (exact) mass is 201 g/mol. The maximum Gasteiger partial charge on any atom is 0.282 e. The van der Waals surface area contributed by atoms with E-state index in [1.165, 1.54) is 12.4 Å². The van der Waals surface area contributed by atoms with Gasteiger partial charge in [0.2, 0.25) is 0 Å². The average Bonchev–Trinajstić information content (AvgIpc) is 2.18. The molecular weight excluding hydrogens is 188 g/mol. The van der Waals surface area contributed by atoms with E-state index in [2.05, 4.69) is 9.97 Å². The highest BCUT2D eigenvalue weighted by Gasteiger charge is 2.28. The third kappa shape index (κ3) is 2.04. The van der Waals surface area contributed by atoms with Gasteiger partial charge in [-0.1, -0.05) is 6.92 Å². The van der Waals surface area contributed by atoms with Gasteiger partial charge >= 0.3 is 0 Å². The summed E-state index contributed by atoms with van der Waals surface area (Å²) in [6.45, 7) is 3.49. The minimum absolute atomic E-state index is 0.178. The fourth-order valence-electron chi connectivity index (χ4n) is 1.12. The third-order valence-electron chi connectivity index (χ3n) is 2.21. The van der Waals surface area contributed by atoms with Gasteiger partial charge in [-0.15, -0.1) is 0 Å². The summed E-state index contributed by atoms with van der Waals surface area (Å²) in [5.41, 5.74) is 4.85. The maximum absolute atomic E-state index is 12.5. The molecular formula is C9H13F2N3. The molecule has 5 heteroatoms. The first-order chi connectivity index (χ1) is 6.49. The largest absolute Gasteiger partial charge is 0.320 e. The molecule has 1 aromatic rings. The summed E-state index contributed by atoms with van der Waals surface area (Å²) in [6.07, 6.45) is 0.526. The predicted molar refractivity (Wildman–Crippen MR) is 48.8 cm³/mol. The van der Waals surface area contributed by atoms with Crippen molar-refractivity contribution in [1.82, 2.24) is 9.97 Å². The summed E-state index contributed by atoms with van der Waals surface area (Å²) in [5.74, 6) is 0. The molecule has 1 heterocycles. The zero-order valence-corrected chi connectivity index (χ0v) is 8.17. The number of halogens is 2. The first-order valence-corrected chi connectivity index (χ1v) is 4.37. The second kappa shape index (κ2) is 3.96. The van der Waals surface area contributed by atoms with Gasteiger partial charge in [0.05, 0.1) is 11.2 Å². The number of alkyl halides is 2. The molecule has 1 atom stereocenters. The van der Waals surface area contributed by atoms with Gasteiger partial charge in [0.15, 0.2) is 0 Å². The molecule has 0 radical (unpaired) electrons. The van der Waals surface area contributed by atoms with Crippen molar-refractivity contribution in [3.05, 3.63) is 23.8 Å². The molecule has 0 aliphatic carbocycles. The van der Waals surface area contributed by atoms with E-state index in [0.717, 1.165) is 0 Å². The highest BCUT2D eigenvalue weighted by Crippen LogP contribution is 2.27. The standard InChI is InChI=1S/C9H13F2N3/c1-3-9(2,12)7-6(8(10)11)13-4-5-14-7/h4-5,8H,3,12H2,1-2H3. The molecule has 0 spiro atoms. The molecule has 2 N–H and O–H groups in total. The van der Waals surface area contributed by atoms with Gasteiger partial charge in [-0.3, -0.25) is 9.97 Å². The average molecular weight is 201 g/mol. The lowest BCUT2D eigenvalue weighted by Crippen LogP contribution is -2.34. The Labute approximate surface area is 81.4 Å². The fraction of sp³-hybridized carbons (Fsp3) is 0.556. The van der Waals surface area contributed by atoms with E-state index in [0.29, 0.717) is 6.42 Å². The van der Waals surface area contributed by atoms with E-state index in [-0.39, 0.29) is 11.4 Å². The molecule has 78 valence electrons. The van der Waals surface area contributed by atoms with Crippen molar-refractivity contribution in [3.8, 4) is 0 Å². The summed E-state index contributed by atoms with van der Waals surface area (Å²) in [6, 6.07) is 0. The SMILES string of the molecule is CCC(C)(N)c1nccnc1C(F)F. The number of hydrogen-bond acceptors (Lipinski definition) is 3. The van der Waals surface area contributed by atoms with Crippen LogP contribution in [-0.2, 0) is 5.54 Å². The van der Waals surface area contributed by atoms with Crippen molar-refractivity contribution in [3.63, 3.8) is 0 Å². The van der Waals surface area contributed by atoms with Gasteiger partial charge in [-0.2, -0.15) is 0 Å². The van der Waals surface area contributed by atoms with Crippen LogP contribution >= 0.6 is 0 Å². The number of aromatic nitrogens is 2. The Kier molecular flexibility index (Phi) is 3.10. The van der Waals surface area contributed by atoms with E-state index in [1.54, 1.807) is 6.92 Å². The summed E-state index contributed by atoms with van der Waals surface area (Å²) in [4.78, 5) is 7.47. The topological polar surface area (TPSA) is 51.8 Å². The Morgan fingerprint density at radius 1 is 1.43 bits per heavy atom. The third-order valence-corrected chi connectivity index (χ3v) is 2.21. The normalized spacial score (nSPS) is 15.6. The molecule has 1 aromatic heterocycles. The van der Waals surface area contributed by atoms with Crippen LogP contribution in [0.4, 0.5) is 8.78 Å². The lowest BCUT2D eigenvalue weighted by atomic mass is 9.94. The number of hydrogen-bond donors (Lipinski definition) is 1. The minimum atomic E-state index is -2.63. The molecule has 0 aromatic carbocycles. The highest BCUT2D eigenvalue weighted by molar-refractivity contribution is 5.20. The van der Waals surface area contributed by atoms with Crippen LogP contribution in [0.15, 0.2) is 12.4 Å². The van der Waals surface area contributed by atoms with Gasteiger partial charge in [-0.05, 0) is 13.3 Å². The molecule has 1 unspecified atom stereocenters. The Bertz CT molecular complexity index is 313. The Morgan fingerprint density at radius 2 is 2.00 bits per heavy atom. The molecule has 0 saturated carbocycles. The molecule has 14 heavy (non-hydrogen) atoms. The van der Waals surface area contributed by atoms with Crippen molar-refractivity contribution in [2.45, 2.75) is 32.2 Å². The van der Waals surface area contributed by atoms with Crippen LogP contribution in [0.25, 0.3) is 0 Å². The second-order valence-corrected chi connectivity index (χ2v) is 3.36.